The summed E-state index contributed by atoms with van der Waals surface area (Å²) in [6, 6.07) is 10.8. The Balaban J connectivity index is 1.90. The Labute approximate surface area is 134 Å². The number of aromatic nitrogens is 2. The van der Waals surface area contributed by atoms with Gasteiger partial charge in [-0.15, -0.1) is 0 Å². The minimum atomic E-state index is 0.883. The molecule has 110 valence electrons. The zero-order valence-corrected chi connectivity index (χ0v) is 13.9. The molecular weight excluding hydrogens is 326 g/mol. The van der Waals surface area contributed by atoms with Crippen molar-refractivity contribution < 1.29 is 0 Å². The van der Waals surface area contributed by atoms with Crippen molar-refractivity contribution in [2.24, 2.45) is 0 Å². The van der Waals surface area contributed by atoms with Crippen LogP contribution >= 0.6 is 15.9 Å². The second-order valence-electron chi connectivity index (χ2n) is 5.51. The average Bonchev–Trinajstić information content (AvgIpc) is 2.69. The molecule has 0 atom stereocenters. The summed E-state index contributed by atoms with van der Waals surface area (Å²) in [6.45, 7) is 4.14. The number of anilines is 1. The Bertz CT molecular complexity index is 627. The Hall–Kier alpha value is -1.42. The maximum atomic E-state index is 4.75. The van der Waals surface area contributed by atoms with Gasteiger partial charge >= 0.3 is 0 Å². The molecule has 3 nitrogen and oxygen atoms in total. The van der Waals surface area contributed by atoms with E-state index in [4.69, 9.17) is 4.98 Å². The maximum absolute atomic E-state index is 4.75. The third-order valence-electron chi connectivity index (χ3n) is 3.88. The van der Waals surface area contributed by atoms with Crippen LogP contribution in [0.4, 0.5) is 5.82 Å². The van der Waals surface area contributed by atoms with E-state index in [-0.39, 0.29) is 0 Å². The van der Waals surface area contributed by atoms with Gasteiger partial charge in [0, 0.05) is 25.6 Å². The second-order valence-corrected chi connectivity index (χ2v) is 6.32. The number of aryl methyl sites for hydroxylation is 2. The lowest BCUT2D eigenvalue weighted by atomic mass is 10.0. The lowest BCUT2D eigenvalue weighted by molar-refractivity contribution is 0.739. The fraction of sp³-hybridized carbons (Fsp3) is 0.412. The van der Waals surface area contributed by atoms with Crippen molar-refractivity contribution in [2.45, 2.75) is 39.2 Å². The summed E-state index contributed by atoms with van der Waals surface area (Å²) in [6.07, 6.45) is 4.32. The van der Waals surface area contributed by atoms with Crippen molar-refractivity contribution in [3.05, 3.63) is 51.9 Å². The molecule has 0 amide bonds. The van der Waals surface area contributed by atoms with Crippen LogP contribution in [0.3, 0.4) is 0 Å². The molecule has 0 fully saturated rings. The largest absolute Gasteiger partial charge is 0.352 e. The first-order chi connectivity index (χ1) is 10.3. The van der Waals surface area contributed by atoms with Gasteiger partial charge in [0.1, 0.15) is 16.2 Å². The van der Waals surface area contributed by atoms with Gasteiger partial charge in [-0.25, -0.2) is 9.97 Å². The molecule has 3 rings (SSSR count). The summed E-state index contributed by atoms with van der Waals surface area (Å²) < 4.78 is 0.883. The summed E-state index contributed by atoms with van der Waals surface area (Å²) >= 11 is 3.52. The van der Waals surface area contributed by atoms with Gasteiger partial charge < -0.3 is 4.90 Å². The van der Waals surface area contributed by atoms with Gasteiger partial charge in [0.05, 0.1) is 0 Å². The standard InChI is InChI=1S/C17H20BrN3/c1-2-6-16-19-15(18)11-17(20-16)21-10-5-9-13-7-3-4-8-14(13)12-21/h3-4,7-8,11H,2,5-6,9-10,12H2,1H3. The predicted molar refractivity (Wildman–Crippen MR) is 89.5 cm³/mol. The molecule has 0 spiro atoms. The van der Waals surface area contributed by atoms with Crippen LogP contribution in [0.2, 0.25) is 0 Å². The van der Waals surface area contributed by atoms with Gasteiger partial charge in [-0.3, -0.25) is 0 Å². The number of nitrogens with zero attached hydrogens (tertiary/aromatic N) is 3. The highest BCUT2D eigenvalue weighted by molar-refractivity contribution is 9.10. The van der Waals surface area contributed by atoms with Crippen LogP contribution in [0.15, 0.2) is 34.9 Å². The zero-order chi connectivity index (χ0) is 14.7. The van der Waals surface area contributed by atoms with Crippen LogP contribution < -0.4 is 4.90 Å². The highest BCUT2D eigenvalue weighted by Gasteiger charge is 2.16. The molecule has 0 saturated carbocycles. The third-order valence-corrected chi connectivity index (χ3v) is 4.29. The van der Waals surface area contributed by atoms with Gasteiger partial charge in [-0.05, 0) is 46.3 Å². The summed E-state index contributed by atoms with van der Waals surface area (Å²) in [5.41, 5.74) is 2.89. The van der Waals surface area contributed by atoms with Crippen LogP contribution in [-0.4, -0.2) is 16.5 Å². The molecule has 4 heteroatoms. The smallest absolute Gasteiger partial charge is 0.133 e. The Morgan fingerprint density at radius 2 is 2.00 bits per heavy atom. The summed E-state index contributed by atoms with van der Waals surface area (Å²) in [5, 5.41) is 0. The van der Waals surface area contributed by atoms with E-state index in [1.54, 1.807) is 0 Å². The molecular formula is C17H20BrN3. The molecule has 1 aromatic heterocycles. The van der Waals surface area contributed by atoms with Crippen LogP contribution in [0.1, 0.15) is 36.7 Å². The minimum Gasteiger partial charge on any atom is -0.352 e. The molecule has 0 N–H and O–H groups in total. The Morgan fingerprint density at radius 3 is 2.81 bits per heavy atom. The number of fused-ring (bicyclic) bond motifs is 1. The van der Waals surface area contributed by atoms with Gasteiger partial charge in [0.2, 0.25) is 0 Å². The topological polar surface area (TPSA) is 29.0 Å². The lowest BCUT2D eigenvalue weighted by Gasteiger charge is -2.22. The van der Waals surface area contributed by atoms with E-state index >= 15 is 0 Å². The van der Waals surface area contributed by atoms with Crippen LogP contribution in [0.25, 0.3) is 0 Å². The van der Waals surface area contributed by atoms with Crippen molar-refractivity contribution in [3.63, 3.8) is 0 Å². The fourth-order valence-corrected chi connectivity index (χ4v) is 3.25. The quantitative estimate of drug-likeness (QED) is 0.782. The lowest BCUT2D eigenvalue weighted by Crippen LogP contribution is -2.24. The first kappa shape index (κ1) is 14.5. The number of hydrogen-bond acceptors (Lipinski definition) is 3. The molecule has 0 unspecified atom stereocenters. The van der Waals surface area contributed by atoms with E-state index in [0.717, 1.165) is 48.6 Å². The van der Waals surface area contributed by atoms with Crippen LogP contribution in [-0.2, 0) is 19.4 Å². The molecule has 0 saturated heterocycles. The van der Waals surface area contributed by atoms with Gasteiger partial charge in [0.15, 0.2) is 0 Å². The summed E-state index contributed by atoms with van der Waals surface area (Å²) in [5.74, 6) is 1.97. The van der Waals surface area contributed by atoms with E-state index in [0.29, 0.717) is 0 Å². The fourth-order valence-electron chi connectivity index (χ4n) is 2.85. The van der Waals surface area contributed by atoms with Crippen molar-refractivity contribution in [1.82, 2.24) is 9.97 Å². The van der Waals surface area contributed by atoms with E-state index in [2.05, 4.69) is 57.0 Å². The SMILES string of the molecule is CCCc1nc(Br)cc(N2CCCc3ccccc3C2)n1. The molecule has 0 bridgehead atoms. The monoisotopic (exact) mass is 345 g/mol. The molecule has 0 radical (unpaired) electrons. The van der Waals surface area contributed by atoms with E-state index in [1.165, 1.54) is 17.5 Å². The van der Waals surface area contributed by atoms with Crippen molar-refractivity contribution >= 4 is 21.7 Å². The van der Waals surface area contributed by atoms with Crippen molar-refractivity contribution in [1.29, 1.82) is 0 Å². The summed E-state index contributed by atoms with van der Waals surface area (Å²) in [7, 11) is 0. The Kier molecular flexibility index (Phi) is 4.54. The predicted octanol–water partition coefficient (Wildman–Crippen LogP) is 4.14. The normalized spacial score (nSPS) is 14.7. The first-order valence-corrected chi connectivity index (χ1v) is 8.40. The van der Waals surface area contributed by atoms with Gasteiger partial charge in [0.25, 0.3) is 0 Å². The van der Waals surface area contributed by atoms with Crippen molar-refractivity contribution in [3.8, 4) is 0 Å². The van der Waals surface area contributed by atoms with Crippen LogP contribution in [0.5, 0.6) is 0 Å². The van der Waals surface area contributed by atoms with E-state index in [9.17, 15) is 0 Å². The van der Waals surface area contributed by atoms with E-state index in [1.807, 2.05) is 6.07 Å². The van der Waals surface area contributed by atoms with Crippen LogP contribution in [0, 0.1) is 0 Å². The Morgan fingerprint density at radius 1 is 1.19 bits per heavy atom. The summed E-state index contributed by atoms with van der Waals surface area (Å²) in [4.78, 5) is 11.6. The molecule has 1 aliphatic rings. The highest BCUT2D eigenvalue weighted by atomic mass is 79.9. The molecule has 1 aliphatic heterocycles. The number of benzene rings is 1. The van der Waals surface area contributed by atoms with E-state index < -0.39 is 0 Å². The van der Waals surface area contributed by atoms with Gasteiger partial charge in [-0.1, -0.05) is 31.2 Å². The molecule has 2 heterocycles. The molecule has 2 aromatic rings. The minimum absolute atomic E-state index is 0.883. The molecule has 1 aromatic carbocycles. The number of hydrogen-bond donors (Lipinski definition) is 0. The average molecular weight is 346 g/mol. The van der Waals surface area contributed by atoms with Gasteiger partial charge in [-0.2, -0.15) is 0 Å². The zero-order valence-electron chi connectivity index (χ0n) is 12.3. The first-order valence-electron chi connectivity index (χ1n) is 7.61. The molecule has 0 aliphatic carbocycles. The highest BCUT2D eigenvalue weighted by Crippen LogP contribution is 2.24. The third kappa shape index (κ3) is 3.43. The maximum Gasteiger partial charge on any atom is 0.133 e. The van der Waals surface area contributed by atoms with Crippen molar-refractivity contribution in [2.75, 3.05) is 11.4 Å². The second kappa shape index (κ2) is 6.56. The number of halogens is 1. The molecule has 21 heavy (non-hydrogen) atoms. The number of rotatable bonds is 3.